The van der Waals surface area contributed by atoms with Crippen LogP contribution >= 0.6 is 11.6 Å². The quantitative estimate of drug-likeness (QED) is 0.575. The van der Waals surface area contributed by atoms with E-state index >= 15 is 0 Å². The van der Waals surface area contributed by atoms with Gasteiger partial charge < -0.3 is 5.73 Å². The zero-order valence-electron chi connectivity index (χ0n) is 11.1. The van der Waals surface area contributed by atoms with Crippen molar-refractivity contribution < 1.29 is 8.78 Å². The van der Waals surface area contributed by atoms with Gasteiger partial charge in [-0.05, 0) is 25.0 Å². The molecule has 0 aliphatic heterocycles. The molecule has 0 aromatic heterocycles. The fraction of sp³-hybridized carbons (Fsp3) is 0.286. The second kappa shape index (κ2) is 6.55. The molecule has 0 saturated heterocycles. The molecular formula is C14H18ClF2N. The van der Waals surface area contributed by atoms with Crippen molar-refractivity contribution in [1.82, 2.24) is 0 Å². The Morgan fingerprint density at radius 3 is 1.50 bits per heavy atom. The van der Waals surface area contributed by atoms with E-state index in [1.807, 2.05) is 13.8 Å². The van der Waals surface area contributed by atoms with Gasteiger partial charge in [-0.25, -0.2) is 8.78 Å². The molecule has 1 aromatic rings. The predicted molar refractivity (Wildman–Crippen MR) is 76.5 cm³/mol. The van der Waals surface area contributed by atoms with Crippen LogP contribution in [-0.2, 0) is 0 Å². The molecule has 0 saturated carbocycles. The Morgan fingerprint density at radius 2 is 1.28 bits per heavy atom. The van der Waals surface area contributed by atoms with Crippen LogP contribution in [0, 0.1) is 11.6 Å². The summed E-state index contributed by atoms with van der Waals surface area (Å²) in [6.45, 7) is 14.3. The standard InChI is InChI=1S/C12H12ClF2N.C2H6/c1-5(2)7-10(14)9(13)11(15)8(6(3)4)12(7)16;1-2/h1,3,16H2,2,4H3;1-2H3. The Morgan fingerprint density at radius 1 is 1.00 bits per heavy atom. The number of allylic oxidation sites excluding steroid dienone is 2. The van der Waals surface area contributed by atoms with Gasteiger partial charge in [0.25, 0.3) is 0 Å². The van der Waals surface area contributed by atoms with Crippen LogP contribution in [0.15, 0.2) is 13.2 Å². The van der Waals surface area contributed by atoms with E-state index in [0.29, 0.717) is 11.1 Å². The van der Waals surface area contributed by atoms with Crippen LogP contribution < -0.4 is 5.73 Å². The molecule has 4 heteroatoms. The molecule has 1 aromatic carbocycles. The molecule has 100 valence electrons. The molecule has 0 aliphatic rings. The molecule has 0 aliphatic carbocycles. The normalized spacial score (nSPS) is 9.50. The van der Waals surface area contributed by atoms with E-state index in [0.717, 1.165) is 0 Å². The van der Waals surface area contributed by atoms with Gasteiger partial charge in [-0.3, -0.25) is 0 Å². The first-order valence-electron chi connectivity index (χ1n) is 5.56. The topological polar surface area (TPSA) is 26.0 Å². The Balaban J connectivity index is 0.00000137. The molecule has 1 nitrogen and oxygen atoms in total. The molecule has 0 bridgehead atoms. The van der Waals surface area contributed by atoms with E-state index in [1.54, 1.807) is 13.8 Å². The van der Waals surface area contributed by atoms with E-state index in [1.165, 1.54) is 0 Å². The zero-order chi connectivity index (χ0) is 14.6. The first-order chi connectivity index (χ1) is 8.29. The van der Waals surface area contributed by atoms with Crippen LogP contribution in [0.25, 0.3) is 11.1 Å². The van der Waals surface area contributed by atoms with Gasteiger partial charge in [0.15, 0.2) is 11.6 Å². The Kier molecular flexibility index (Phi) is 6.06. The summed E-state index contributed by atoms with van der Waals surface area (Å²) in [6, 6.07) is 0. The summed E-state index contributed by atoms with van der Waals surface area (Å²) in [7, 11) is 0. The number of rotatable bonds is 2. The Labute approximate surface area is 112 Å². The minimum absolute atomic E-state index is 0.0144. The van der Waals surface area contributed by atoms with Crippen molar-refractivity contribution in [2.45, 2.75) is 27.7 Å². The van der Waals surface area contributed by atoms with Crippen molar-refractivity contribution in [3.05, 3.63) is 40.9 Å². The average Bonchev–Trinajstić information content (AvgIpc) is 2.28. The first-order valence-corrected chi connectivity index (χ1v) is 5.94. The van der Waals surface area contributed by atoms with Crippen LogP contribution in [0.2, 0.25) is 5.02 Å². The maximum Gasteiger partial charge on any atom is 0.154 e. The average molecular weight is 274 g/mol. The lowest BCUT2D eigenvalue weighted by molar-refractivity contribution is 0.581. The van der Waals surface area contributed by atoms with Crippen LogP contribution in [-0.4, -0.2) is 0 Å². The Bertz CT molecular complexity index is 452. The lowest BCUT2D eigenvalue weighted by Gasteiger charge is -2.15. The summed E-state index contributed by atoms with van der Waals surface area (Å²) in [5, 5.41) is -0.579. The molecular weight excluding hydrogens is 256 g/mol. The van der Waals surface area contributed by atoms with Crippen LogP contribution in [0.4, 0.5) is 14.5 Å². The summed E-state index contributed by atoms with van der Waals surface area (Å²) < 4.78 is 27.4. The third-order valence-corrected chi connectivity index (χ3v) is 2.55. The highest BCUT2D eigenvalue weighted by atomic mass is 35.5. The van der Waals surface area contributed by atoms with Gasteiger partial charge in [0.2, 0.25) is 0 Å². The van der Waals surface area contributed by atoms with Crippen molar-refractivity contribution in [2.24, 2.45) is 0 Å². The van der Waals surface area contributed by atoms with E-state index < -0.39 is 16.7 Å². The molecule has 0 unspecified atom stereocenters. The molecule has 0 atom stereocenters. The third kappa shape index (κ3) is 2.91. The first kappa shape index (κ1) is 16.6. The number of halogens is 3. The molecule has 0 radical (unpaired) electrons. The van der Waals surface area contributed by atoms with E-state index in [4.69, 9.17) is 17.3 Å². The van der Waals surface area contributed by atoms with Gasteiger partial charge in [0.05, 0.1) is 5.69 Å². The summed E-state index contributed by atoms with van der Waals surface area (Å²) in [4.78, 5) is 0. The largest absolute Gasteiger partial charge is 0.398 e. The minimum atomic E-state index is -0.880. The molecule has 0 heterocycles. The lowest BCUT2D eigenvalue weighted by atomic mass is 9.97. The smallest absolute Gasteiger partial charge is 0.154 e. The van der Waals surface area contributed by atoms with Crippen LogP contribution in [0.3, 0.4) is 0 Å². The number of benzene rings is 1. The summed E-state index contributed by atoms with van der Waals surface area (Å²) in [5.74, 6) is -1.76. The highest BCUT2D eigenvalue weighted by Crippen LogP contribution is 2.37. The maximum atomic E-state index is 13.7. The van der Waals surface area contributed by atoms with Gasteiger partial charge in [0.1, 0.15) is 5.02 Å². The van der Waals surface area contributed by atoms with E-state index in [9.17, 15) is 8.78 Å². The van der Waals surface area contributed by atoms with Crippen molar-refractivity contribution >= 4 is 28.4 Å². The molecule has 0 spiro atoms. The molecule has 0 amide bonds. The van der Waals surface area contributed by atoms with Crippen molar-refractivity contribution in [3.63, 3.8) is 0 Å². The second-order valence-electron chi connectivity index (χ2n) is 3.67. The van der Waals surface area contributed by atoms with Crippen molar-refractivity contribution in [2.75, 3.05) is 5.73 Å². The molecule has 1 rings (SSSR count). The maximum absolute atomic E-state index is 13.7. The molecule has 18 heavy (non-hydrogen) atoms. The van der Waals surface area contributed by atoms with Crippen molar-refractivity contribution in [1.29, 1.82) is 0 Å². The van der Waals surface area contributed by atoms with Crippen LogP contribution in [0.5, 0.6) is 0 Å². The van der Waals surface area contributed by atoms with Crippen molar-refractivity contribution in [3.8, 4) is 0 Å². The minimum Gasteiger partial charge on any atom is -0.398 e. The van der Waals surface area contributed by atoms with Gasteiger partial charge in [-0.1, -0.05) is 38.6 Å². The van der Waals surface area contributed by atoms with Gasteiger partial charge in [-0.15, -0.1) is 0 Å². The predicted octanol–water partition coefficient (Wildman–Crippen LogP) is 5.29. The SMILES string of the molecule is C=C(C)c1c(N)c(C(=C)C)c(F)c(Cl)c1F.CC. The molecule has 0 fully saturated rings. The number of anilines is 1. The van der Waals surface area contributed by atoms with Gasteiger partial charge in [0, 0.05) is 11.1 Å². The lowest BCUT2D eigenvalue weighted by Crippen LogP contribution is -2.05. The highest BCUT2D eigenvalue weighted by Gasteiger charge is 2.22. The summed E-state index contributed by atoms with van der Waals surface area (Å²) in [6.07, 6.45) is 0. The summed E-state index contributed by atoms with van der Waals surface area (Å²) >= 11 is 5.56. The Hall–Kier alpha value is -1.35. The van der Waals surface area contributed by atoms with Gasteiger partial charge in [-0.2, -0.15) is 0 Å². The number of hydrogen-bond donors (Lipinski definition) is 1. The fourth-order valence-corrected chi connectivity index (χ4v) is 1.70. The number of hydrogen-bond acceptors (Lipinski definition) is 1. The van der Waals surface area contributed by atoms with E-state index in [2.05, 4.69) is 13.2 Å². The second-order valence-corrected chi connectivity index (χ2v) is 4.04. The van der Waals surface area contributed by atoms with E-state index in [-0.39, 0.29) is 16.8 Å². The number of nitrogens with two attached hydrogens (primary N) is 1. The molecule has 2 N–H and O–H groups in total. The third-order valence-electron chi connectivity index (χ3n) is 2.22. The fourth-order valence-electron chi connectivity index (χ4n) is 1.51. The van der Waals surface area contributed by atoms with Crippen LogP contribution in [0.1, 0.15) is 38.8 Å². The highest BCUT2D eigenvalue weighted by molar-refractivity contribution is 6.31. The zero-order valence-corrected chi connectivity index (χ0v) is 11.9. The summed E-state index contributed by atoms with van der Waals surface area (Å²) in [5.41, 5.74) is 6.55. The monoisotopic (exact) mass is 273 g/mol. The number of nitrogen functional groups attached to an aromatic ring is 1. The van der Waals surface area contributed by atoms with Gasteiger partial charge >= 0.3 is 0 Å².